The number of aromatic amines is 1. The minimum Gasteiger partial charge on any atom is -0.454 e. The summed E-state index contributed by atoms with van der Waals surface area (Å²) >= 11 is 0. The molecule has 1 aromatic heterocycles. The van der Waals surface area contributed by atoms with Crippen LogP contribution in [0.3, 0.4) is 0 Å². The first-order valence-electron chi connectivity index (χ1n) is 6.67. The summed E-state index contributed by atoms with van der Waals surface area (Å²) in [5, 5.41) is 0.728. The molecule has 0 aliphatic carbocycles. The number of H-pyrrole nitrogens is 1. The molecule has 5 heteroatoms. The Labute approximate surface area is 125 Å². The zero-order valence-corrected chi connectivity index (χ0v) is 11.5. The number of rotatable bonds is 4. The highest BCUT2D eigenvalue weighted by Gasteiger charge is 2.15. The number of nitrogens with one attached hydrogen (secondary N) is 1. The number of ether oxygens (including phenoxy) is 1. The van der Waals surface area contributed by atoms with Crippen molar-refractivity contribution in [1.29, 1.82) is 0 Å². The van der Waals surface area contributed by atoms with Crippen molar-refractivity contribution in [1.82, 2.24) is 4.98 Å². The Kier molecular flexibility index (Phi) is 3.70. The highest BCUT2D eigenvalue weighted by atomic mass is 19.1. The minimum absolute atomic E-state index is 0.173. The molecule has 1 N–H and O–H groups in total. The molecular weight excluding hydrogens is 285 g/mol. The van der Waals surface area contributed by atoms with Gasteiger partial charge in [-0.05, 0) is 18.2 Å². The molecule has 0 radical (unpaired) electrons. The molecule has 1 heterocycles. The van der Waals surface area contributed by atoms with Gasteiger partial charge < -0.3 is 9.72 Å². The fourth-order valence-electron chi connectivity index (χ4n) is 2.19. The molecule has 0 amide bonds. The van der Waals surface area contributed by atoms with Crippen LogP contribution >= 0.6 is 0 Å². The van der Waals surface area contributed by atoms with Crippen LogP contribution in [0.25, 0.3) is 10.9 Å². The topological polar surface area (TPSA) is 59.2 Å². The van der Waals surface area contributed by atoms with Crippen LogP contribution in [-0.4, -0.2) is 23.3 Å². The number of aromatic nitrogens is 1. The third-order valence-electron chi connectivity index (χ3n) is 3.29. The Morgan fingerprint density at radius 2 is 1.91 bits per heavy atom. The summed E-state index contributed by atoms with van der Waals surface area (Å²) in [5.74, 6) is -1.55. The Morgan fingerprint density at radius 3 is 2.73 bits per heavy atom. The van der Waals surface area contributed by atoms with Crippen molar-refractivity contribution in [2.75, 3.05) is 6.61 Å². The molecular formula is C17H12FNO3. The lowest BCUT2D eigenvalue weighted by Crippen LogP contribution is -2.14. The predicted octanol–water partition coefficient (Wildman–Crippen LogP) is 3.35. The number of hydrogen-bond donors (Lipinski definition) is 1. The van der Waals surface area contributed by atoms with Crippen molar-refractivity contribution < 1.29 is 18.7 Å². The molecule has 2 aromatic carbocycles. The summed E-state index contributed by atoms with van der Waals surface area (Å²) in [4.78, 5) is 26.9. The molecule has 0 fully saturated rings. The molecule has 22 heavy (non-hydrogen) atoms. The number of benzene rings is 2. The van der Waals surface area contributed by atoms with Gasteiger partial charge >= 0.3 is 5.97 Å². The van der Waals surface area contributed by atoms with Crippen LogP contribution in [0.2, 0.25) is 0 Å². The van der Waals surface area contributed by atoms with Crippen LogP contribution < -0.4 is 0 Å². The van der Waals surface area contributed by atoms with E-state index in [9.17, 15) is 14.0 Å². The normalized spacial score (nSPS) is 10.6. The van der Waals surface area contributed by atoms with Crippen molar-refractivity contribution in [3.8, 4) is 0 Å². The molecule has 0 unspecified atom stereocenters. The van der Waals surface area contributed by atoms with Crippen molar-refractivity contribution in [2.24, 2.45) is 0 Å². The number of carbonyl (C=O) groups is 2. The van der Waals surface area contributed by atoms with Gasteiger partial charge in [-0.1, -0.05) is 30.3 Å². The Hall–Kier alpha value is -2.95. The lowest BCUT2D eigenvalue weighted by atomic mass is 10.1. The van der Waals surface area contributed by atoms with Gasteiger partial charge in [0.05, 0.1) is 5.56 Å². The molecule has 0 bridgehead atoms. The first-order valence-corrected chi connectivity index (χ1v) is 6.67. The zero-order chi connectivity index (χ0) is 15.5. The first-order chi connectivity index (χ1) is 10.6. The Balaban J connectivity index is 1.71. The Bertz CT molecular complexity index is 854. The van der Waals surface area contributed by atoms with Gasteiger partial charge in [-0.3, -0.25) is 4.79 Å². The third kappa shape index (κ3) is 2.74. The summed E-state index contributed by atoms with van der Waals surface area (Å²) in [6.07, 6.45) is 1.54. The molecule has 4 nitrogen and oxygen atoms in total. The fraction of sp³-hybridized carbons (Fsp3) is 0.0588. The van der Waals surface area contributed by atoms with Crippen LogP contribution in [0.5, 0.6) is 0 Å². The van der Waals surface area contributed by atoms with Gasteiger partial charge in [-0.25, -0.2) is 9.18 Å². The second-order valence-corrected chi connectivity index (χ2v) is 4.76. The maximum absolute atomic E-state index is 13.1. The van der Waals surface area contributed by atoms with Gasteiger partial charge in [-0.15, -0.1) is 0 Å². The second kappa shape index (κ2) is 5.81. The number of halogens is 1. The fourth-order valence-corrected chi connectivity index (χ4v) is 2.19. The molecule has 0 saturated heterocycles. The molecule has 0 aliphatic heterocycles. The van der Waals surface area contributed by atoms with E-state index < -0.39 is 24.2 Å². The van der Waals surface area contributed by atoms with Crippen molar-refractivity contribution in [3.63, 3.8) is 0 Å². The van der Waals surface area contributed by atoms with Gasteiger partial charge in [0.1, 0.15) is 5.82 Å². The predicted molar refractivity (Wildman–Crippen MR) is 79.3 cm³/mol. The van der Waals surface area contributed by atoms with Crippen LogP contribution in [0, 0.1) is 5.82 Å². The van der Waals surface area contributed by atoms with E-state index in [-0.39, 0.29) is 5.56 Å². The molecule has 0 aliphatic rings. The number of carbonyl (C=O) groups excluding carboxylic acids is 2. The number of Topliss-reactive ketones (excluding diaryl/α,β-unsaturated/α-hetero) is 1. The van der Waals surface area contributed by atoms with E-state index in [0.717, 1.165) is 17.0 Å². The molecule has 0 saturated carbocycles. The maximum Gasteiger partial charge on any atom is 0.340 e. The number of hydrogen-bond acceptors (Lipinski definition) is 3. The smallest absolute Gasteiger partial charge is 0.340 e. The van der Waals surface area contributed by atoms with Gasteiger partial charge in [0.2, 0.25) is 0 Å². The second-order valence-electron chi connectivity index (χ2n) is 4.76. The number of para-hydroxylation sites is 1. The molecule has 110 valence electrons. The molecule has 0 atom stereocenters. The highest BCUT2D eigenvalue weighted by molar-refractivity contribution is 6.05. The van der Waals surface area contributed by atoms with Crippen molar-refractivity contribution >= 4 is 22.7 Å². The average Bonchev–Trinajstić information content (AvgIpc) is 2.96. The summed E-state index contributed by atoms with van der Waals surface area (Å²) < 4.78 is 18.1. The van der Waals surface area contributed by atoms with Crippen molar-refractivity contribution in [3.05, 3.63) is 71.7 Å². The monoisotopic (exact) mass is 297 g/mol. The lowest BCUT2D eigenvalue weighted by molar-refractivity contribution is 0.0476. The third-order valence-corrected chi connectivity index (χ3v) is 3.29. The van der Waals surface area contributed by atoms with Gasteiger partial charge in [0.25, 0.3) is 0 Å². The minimum atomic E-state index is -0.595. The number of esters is 1. The molecule has 3 rings (SSSR count). The standard InChI is InChI=1S/C17H12FNO3/c18-12-5-3-4-11(8-12)16(20)10-22-17(21)14-9-19-15-7-2-1-6-13(14)15/h1-9,19H,10H2. The quantitative estimate of drug-likeness (QED) is 0.593. The molecule has 0 spiro atoms. The largest absolute Gasteiger partial charge is 0.454 e. The highest BCUT2D eigenvalue weighted by Crippen LogP contribution is 2.18. The first kappa shape index (κ1) is 14.0. The van der Waals surface area contributed by atoms with E-state index in [0.29, 0.717) is 5.56 Å². The summed E-state index contributed by atoms with van der Waals surface area (Å²) in [6.45, 7) is -0.429. The van der Waals surface area contributed by atoms with Crippen molar-refractivity contribution in [2.45, 2.75) is 0 Å². The molecule has 3 aromatic rings. The van der Waals surface area contributed by atoms with E-state index in [1.54, 1.807) is 12.3 Å². The maximum atomic E-state index is 13.1. The average molecular weight is 297 g/mol. The lowest BCUT2D eigenvalue weighted by Gasteiger charge is -2.04. The summed E-state index contributed by atoms with van der Waals surface area (Å²) in [6, 6.07) is 12.6. The summed E-state index contributed by atoms with van der Waals surface area (Å²) in [5.41, 5.74) is 1.35. The van der Waals surface area contributed by atoms with E-state index in [1.165, 1.54) is 18.2 Å². The van der Waals surface area contributed by atoms with E-state index in [2.05, 4.69) is 4.98 Å². The van der Waals surface area contributed by atoms with Crippen LogP contribution in [0.4, 0.5) is 4.39 Å². The van der Waals surface area contributed by atoms with Crippen LogP contribution in [-0.2, 0) is 4.74 Å². The number of fused-ring (bicyclic) bond motifs is 1. The van der Waals surface area contributed by atoms with E-state index in [1.807, 2.05) is 18.2 Å². The summed E-state index contributed by atoms with van der Waals surface area (Å²) in [7, 11) is 0. The van der Waals surface area contributed by atoms with Gasteiger partial charge in [-0.2, -0.15) is 0 Å². The van der Waals surface area contributed by atoms with E-state index in [4.69, 9.17) is 4.74 Å². The Morgan fingerprint density at radius 1 is 1.09 bits per heavy atom. The number of ketones is 1. The zero-order valence-electron chi connectivity index (χ0n) is 11.5. The van der Waals surface area contributed by atoms with E-state index >= 15 is 0 Å². The van der Waals surface area contributed by atoms with Crippen LogP contribution in [0.1, 0.15) is 20.7 Å². The van der Waals surface area contributed by atoms with Gasteiger partial charge in [0.15, 0.2) is 12.4 Å². The SMILES string of the molecule is O=C(COC(=O)c1c[nH]c2ccccc12)c1cccc(F)c1. The van der Waals surface area contributed by atoms with Crippen LogP contribution in [0.15, 0.2) is 54.7 Å². The van der Waals surface area contributed by atoms with Gasteiger partial charge in [0, 0.05) is 22.7 Å².